The number of rotatable bonds is 6. The smallest absolute Gasteiger partial charge is 0.276 e. The van der Waals surface area contributed by atoms with Crippen molar-refractivity contribution in [3.05, 3.63) is 30.3 Å². The van der Waals surface area contributed by atoms with E-state index in [9.17, 15) is 4.79 Å². The quantitative estimate of drug-likeness (QED) is 0.440. The molecule has 1 fully saturated rings. The summed E-state index contributed by atoms with van der Waals surface area (Å²) in [6.45, 7) is 9.01. The third kappa shape index (κ3) is 6.68. The summed E-state index contributed by atoms with van der Waals surface area (Å²) in [7, 11) is 0. The van der Waals surface area contributed by atoms with Crippen molar-refractivity contribution in [1.29, 1.82) is 0 Å². The van der Waals surface area contributed by atoms with E-state index in [1.165, 1.54) is 0 Å². The van der Waals surface area contributed by atoms with E-state index in [2.05, 4.69) is 51.0 Å². The molecule has 1 aliphatic rings. The Hall–Kier alpha value is -1.27. The van der Waals surface area contributed by atoms with Crippen molar-refractivity contribution in [2.75, 3.05) is 0 Å². The summed E-state index contributed by atoms with van der Waals surface area (Å²) in [5.74, 6) is 0.736. The van der Waals surface area contributed by atoms with Gasteiger partial charge < -0.3 is 15.4 Å². The largest absolute Gasteiger partial charge is 0.432 e. The maximum absolute atomic E-state index is 11.5. The van der Waals surface area contributed by atoms with Crippen molar-refractivity contribution < 1.29 is 9.53 Å². The summed E-state index contributed by atoms with van der Waals surface area (Å²) in [4.78, 5) is 11.5. The lowest BCUT2D eigenvalue weighted by atomic mass is 9.59. The van der Waals surface area contributed by atoms with Crippen LogP contribution in [0.1, 0.15) is 59.8 Å². The number of hydrogen-bond donors (Lipinski definition) is 3. The lowest BCUT2D eigenvalue weighted by Crippen LogP contribution is -2.55. The Morgan fingerprint density at radius 3 is 2.56 bits per heavy atom. The number of benzene rings is 1. The molecule has 2 N–H and O–H groups in total. The molecule has 1 saturated carbocycles. The number of carbonyl (C=O) groups is 1. The fourth-order valence-corrected chi connectivity index (χ4v) is 5.15. The third-order valence-corrected chi connectivity index (χ3v) is 5.72. The Kier molecular flexibility index (Phi) is 7.57. The van der Waals surface area contributed by atoms with E-state index in [-0.39, 0.29) is 28.2 Å². The predicted molar refractivity (Wildman–Crippen MR) is 119 cm³/mol. The van der Waals surface area contributed by atoms with Gasteiger partial charge in [-0.2, -0.15) is 0 Å². The zero-order chi connectivity index (χ0) is 20.1. The van der Waals surface area contributed by atoms with Crippen molar-refractivity contribution in [1.82, 2.24) is 10.6 Å². The Morgan fingerprint density at radius 1 is 1.30 bits per heavy atom. The normalized spacial score (nSPS) is 25.3. The first kappa shape index (κ1) is 22.0. The van der Waals surface area contributed by atoms with Crippen molar-refractivity contribution in [2.24, 2.45) is 10.8 Å². The number of para-hydroxylation sites is 1. The fourth-order valence-electron chi connectivity index (χ4n) is 4.73. The van der Waals surface area contributed by atoms with E-state index in [0.29, 0.717) is 5.17 Å². The monoisotopic (exact) mass is 408 g/mol. The minimum absolute atomic E-state index is 0.0111. The first-order valence-electron chi connectivity index (χ1n) is 9.66. The van der Waals surface area contributed by atoms with Crippen LogP contribution in [0.3, 0.4) is 0 Å². The van der Waals surface area contributed by atoms with Crippen LogP contribution in [0.15, 0.2) is 30.3 Å². The predicted octanol–water partition coefficient (Wildman–Crippen LogP) is 5.33. The maximum Gasteiger partial charge on any atom is 0.276 e. The Labute approximate surface area is 174 Å². The topological polar surface area (TPSA) is 50.4 Å². The number of amides is 1. The first-order valence-corrected chi connectivity index (χ1v) is 10.5. The highest BCUT2D eigenvalue weighted by molar-refractivity contribution is 7.96. The minimum atomic E-state index is -0.261. The van der Waals surface area contributed by atoms with Crippen molar-refractivity contribution in [3.8, 4) is 5.75 Å². The van der Waals surface area contributed by atoms with Gasteiger partial charge in [-0.05, 0) is 60.9 Å². The van der Waals surface area contributed by atoms with Gasteiger partial charge in [-0.3, -0.25) is 4.79 Å². The summed E-state index contributed by atoms with van der Waals surface area (Å²) in [5, 5.41) is 6.62. The van der Waals surface area contributed by atoms with Crippen LogP contribution >= 0.6 is 24.8 Å². The Bertz CT molecular complexity index is 651. The minimum Gasteiger partial charge on any atom is -0.432 e. The lowest BCUT2D eigenvalue weighted by molar-refractivity contribution is 0.0442. The van der Waals surface area contributed by atoms with Crippen LogP contribution in [0.4, 0.5) is 4.79 Å². The number of carbonyl (C=O) groups excluding carboxylic acids is 1. The van der Waals surface area contributed by atoms with Gasteiger partial charge in [0.15, 0.2) is 0 Å². The standard InChI is InChI=1S/C21H32N2O2S2/c1-5-9-17(23-19(27)25-16-10-7-6-8-11-16)21(4)13-15(22-18(24)26)12-20(2,3)14-21/h6-8,10-11,15,17H,5,9,12-14H2,1-4H3,(H,23,27)(H2,22,24,26). The second kappa shape index (κ2) is 9.28. The van der Waals surface area contributed by atoms with E-state index in [1.807, 2.05) is 30.3 Å². The van der Waals surface area contributed by atoms with Crippen LogP contribution in [-0.2, 0) is 0 Å². The molecule has 0 radical (unpaired) electrons. The average molecular weight is 409 g/mol. The second-order valence-corrected chi connectivity index (χ2v) is 9.51. The first-order chi connectivity index (χ1) is 12.6. The number of thiocarbonyl (C=S) groups is 1. The summed E-state index contributed by atoms with van der Waals surface area (Å²) in [5.41, 5.74) is 0.117. The molecule has 3 unspecified atom stereocenters. The molecule has 27 heavy (non-hydrogen) atoms. The molecule has 3 atom stereocenters. The van der Waals surface area contributed by atoms with Gasteiger partial charge in [0.1, 0.15) is 5.75 Å². The fraction of sp³-hybridized carbons (Fsp3) is 0.619. The summed E-state index contributed by atoms with van der Waals surface area (Å²) < 4.78 is 5.81. The lowest BCUT2D eigenvalue weighted by Gasteiger charge is -2.50. The van der Waals surface area contributed by atoms with Crippen molar-refractivity contribution >= 4 is 35.3 Å². The molecule has 0 aliphatic heterocycles. The highest BCUT2D eigenvalue weighted by atomic mass is 32.1. The van der Waals surface area contributed by atoms with E-state index in [0.717, 1.165) is 37.9 Å². The van der Waals surface area contributed by atoms with Gasteiger partial charge in [-0.1, -0.05) is 64.9 Å². The summed E-state index contributed by atoms with van der Waals surface area (Å²) in [6.07, 6.45) is 4.95. The molecule has 0 saturated heterocycles. The van der Waals surface area contributed by atoms with Gasteiger partial charge in [0.05, 0.1) is 0 Å². The van der Waals surface area contributed by atoms with Crippen LogP contribution in [0.25, 0.3) is 0 Å². The zero-order valence-corrected chi connectivity index (χ0v) is 18.5. The Balaban J connectivity index is 2.14. The highest BCUT2D eigenvalue weighted by Crippen LogP contribution is 2.48. The Morgan fingerprint density at radius 2 is 1.96 bits per heavy atom. The summed E-state index contributed by atoms with van der Waals surface area (Å²) >= 11 is 9.41. The van der Waals surface area contributed by atoms with E-state index >= 15 is 0 Å². The molecule has 1 aromatic rings. The molecule has 0 aromatic heterocycles. The molecule has 0 spiro atoms. The molecule has 1 amide bonds. The van der Waals surface area contributed by atoms with E-state index in [1.54, 1.807) is 0 Å². The molecule has 1 aromatic carbocycles. The van der Waals surface area contributed by atoms with Gasteiger partial charge in [-0.15, -0.1) is 0 Å². The zero-order valence-electron chi connectivity index (χ0n) is 16.7. The van der Waals surface area contributed by atoms with Crippen LogP contribution in [0.2, 0.25) is 0 Å². The molecule has 4 nitrogen and oxygen atoms in total. The molecule has 0 bridgehead atoms. The molecule has 1 aliphatic carbocycles. The molecule has 150 valence electrons. The van der Waals surface area contributed by atoms with Gasteiger partial charge in [-0.25, -0.2) is 0 Å². The number of ether oxygens (including phenoxy) is 1. The van der Waals surface area contributed by atoms with Crippen LogP contribution in [0.5, 0.6) is 5.75 Å². The van der Waals surface area contributed by atoms with Gasteiger partial charge in [0.2, 0.25) is 0 Å². The second-order valence-electron chi connectivity index (χ2n) is 8.74. The molecule has 2 rings (SSSR count). The van der Waals surface area contributed by atoms with Gasteiger partial charge >= 0.3 is 0 Å². The van der Waals surface area contributed by atoms with Gasteiger partial charge in [0, 0.05) is 12.1 Å². The number of thiol groups is 1. The van der Waals surface area contributed by atoms with Crippen molar-refractivity contribution in [3.63, 3.8) is 0 Å². The maximum atomic E-state index is 11.5. The van der Waals surface area contributed by atoms with E-state index < -0.39 is 0 Å². The van der Waals surface area contributed by atoms with E-state index in [4.69, 9.17) is 17.0 Å². The highest BCUT2D eigenvalue weighted by Gasteiger charge is 2.46. The molecule has 6 heteroatoms. The molecular formula is C21H32N2O2S2. The van der Waals surface area contributed by atoms with Gasteiger partial charge in [0.25, 0.3) is 10.4 Å². The summed E-state index contributed by atoms with van der Waals surface area (Å²) in [6, 6.07) is 9.89. The number of nitrogens with one attached hydrogen (secondary N) is 2. The molecular weight excluding hydrogens is 376 g/mol. The number of hydrogen-bond acceptors (Lipinski definition) is 3. The van der Waals surface area contributed by atoms with Crippen LogP contribution < -0.4 is 15.4 Å². The third-order valence-electron chi connectivity index (χ3n) is 5.39. The molecule has 0 heterocycles. The van der Waals surface area contributed by atoms with Crippen LogP contribution in [-0.4, -0.2) is 22.5 Å². The average Bonchev–Trinajstić information content (AvgIpc) is 2.52. The SMILES string of the molecule is CCCC(NC(=S)Oc1ccccc1)C1(C)CC(NC(=O)S)CC(C)(C)C1. The van der Waals surface area contributed by atoms with Crippen LogP contribution in [0, 0.1) is 10.8 Å². The van der Waals surface area contributed by atoms with Crippen molar-refractivity contribution in [2.45, 2.75) is 71.9 Å².